The van der Waals surface area contributed by atoms with Crippen LogP contribution in [0.3, 0.4) is 0 Å². The third-order valence-corrected chi connectivity index (χ3v) is 4.85. The van der Waals surface area contributed by atoms with Crippen molar-refractivity contribution in [3.8, 4) is 23.0 Å². The Morgan fingerprint density at radius 3 is 2.57 bits per heavy atom. The van der Waals surface area contributed by atoms with E-state index in [-0.39, 0.29) is 6.54 Å². The van der Waals surface area contributed by atoms with Gasteiger partial charge in [0, 0.05) is 17.8 Å². The first kappa shape index (κ1) is 19.3. The monoisotopic (exact) mass is 406 g/mol. The molecule has 9 heteroatoms. The average Bonchev–Trinajstić information content (AvgIpc) is 3.37. The van der Waals surface area contributed by atoms with Gasteiger partial charge < -0.3 is 25.1 Å². The largest absolute Gasteiger partial charge is 0.493 e. The Morgan fingerprint density at radius 1 is 1.13 bits per heavy atom. The molecule has 154 valence electrons. The Kier molecular flexibility index (Phi) is 5.01. The zero-order valence-corrected chi connectivity index (χ0v) is 16.9. The number of imidazole rings is 1. The number of aromatic amines is 2. The minimum atomic E-state index is -0.454. The fourth-order valence-corrected chi connectivity index (χ4v) is 3.44. The van der Waals surface area contributed by atoms with Crippen LogP contribution in [0, 0.1) is 6.92 Å². The molecular weight excluding hydrogens is 384 g/mol. The van der Waals surface area contributed by atoms with Crippen molar-refractivity contribution in [2.45, 2.75) is 6.92 Å². The van der Waals surface area contributed by atoms with Gasteiger partial charge in [-0.1, -0.05) is 18.2 Å². The first-order valence-electron chi connectivity index (χ1n) is 9.28. The standard InChI is InChI=1S/C21H22N6O3/c1-12-6-4-5-7-15(12)27(11-19(22)28)16-10-23-26-20(16)21-24-13-8-17(29-2)18(30-3)9-14(13)25-21/h4-10H,11H2,1-3H3,(H2,22,28)(H,23,26)(H,24,25). The van der Waals surface area contributed by atoms with Gasteiger partial charge in [0.05, 0.1) is 37.1 Å². The molecular formula is C21H22N6O3. The number of rotatable bonds is 7. The lowest BCUT2D eigenvalue weighted by molar-refractivity contribution is -0.116. The summed E-state index contributed by atoms with van der Waals surface area (Å²) < 4.78 is 10.7. The van der Waals surface area contributed by atoms with Crippen molar-refractivity contribution in [3.63, 3.8) is 0 Å². The van der Waals surface area contributed by atoms with Gasteiger partial charge in [0.1, 0.15) is 12.2 Å². The molecule has 0 spiro atoms. The van der Waals surface area contributed by atoms with Crippen LogP contribution >= 0.6 is 0 Å². The molecule has 0 saturated carbocycles. The number of hydrogen-bond donors (Lipinski definition) is 3. The van der Waals surface area contributed by atoms with Crippen molar-refractivity contribution in [1.29, 1.82) is 0 Å². The summed E-state index contributed by atoms with van der Waals surface area (Å²) in [4.78, 5) is 21.6. The Morgan fingerprint density at radius 2 is 1.87 bits per heavy atom. The molecule has 0 aliphatic heterocycles. The molecule has 0 saturated heterocycles. The van der Waals surface area contributed by atoms with Gasteiger partial charge >= 0.3 is 0 Å². The molecule has 4 rings (SSSR count). The highest BCUT2D eigenvalue weighted by Gasteiger charge is 2.22. The van der Waals surface area contributed by atoms with Crippen LogP contribution in [0.2, 0.25) is 0 Å². The van der Waals surface area contributed by atoms with E-state index in [1.165, 1.54) is 0 Å². The number of aromatic nitrogens is 4. The zero-order valence-electron chi connectivity index (χ0n) is 16.9. The summed E-state index contributed by atoms with van der Waals surface area (Å²) in [5.74, 6) is 1.30. The van der Waals surface area contributed by atoms with Crippen LogP contribution < -0.4 is 20.1 Å². The Bertz CT molecular complexity index is 1170. The lowest BCUT2D eigenvalue weighted by Crippen LogP contribution is -2.30. The first-order valence-corrected chi connectivity index (χ1v) is 9.28. The van der Waals surface area contributed by atoms with Crippen molar-refractivity contribution in [1.82, 2.24) is 20.2 Å². The molecule has 0 bridgehead atoms. The van der Waals surface area contributed by atoms with E-state index in [0.717, 1.165) is 16.8 Å². The van der Waals surface area contributed by atoms with E-state index in [9.17, 15) is 4.79 Å². The van der Waals surface area contributed by atoms with Gasteiger partial charge in [-0.25, -0.2) is 4.98 Å². The molecule has 4 N–H and O–H groups in total. The maximum absolute atomic E-state index is 11.8. The number of para-hydroxylation sites is 1. The lowest BCUT2D eigenvalue weighted by atomic mass is 10.1. The van der Waals surface area contributed by atoms with Crippen LogP contribution in [-0.4, -0.2) is 46.8 Å². The summed E-state index contributed by atoms with van der Waals surface area (Å²) in [6.45, 7) is 1.97. The highest BCUT2D eigenvalue weighted by atomic mass is 16.5. The van der Waals surface area contributed by atoms with E-state index in [0.29, 0.717) is 34.2 Å². The summed E-state index contributed by atoms with van der Waals surface area (Å²) in [7, 11) is 3.16. The second kappa shape index (κ2) is 7.78. The van der Waals surface area contributed by atoms with E-state index < -0.39 is 5.91 Å². The third kappa shape index (κ3) is 3.41. The summed E-state index contributed by atoms with van der Waals surface area (Å²) in [6.07, 6.45) is 1.65. The van der Waals surface area contributed by atoms with Gasteiger partial charge in [-0.3, -0.25) is 9.89 Å². The quantitative estimate of drug-likeness (QED) is 0.434. The number of nitrogens with two attached hydrogens (primary N) is 1. The Balaban J connectivity index is 1.83. The van der Waals surface area contributed by atoms with Crippen LogP contribution in [0.25, 0.3) is 22.6 Å². The van der Waals surface area contributed by atoms with E-state index in [4.69, 9.17) is 15.2 Å². The van der Waals surface area contributed by atoms with Gasteiger partial charge in [0.15, 0.2) is 17.3 Å². The van der Waals surface area contributed by atoms with Crippen LogP contribution in [0.4, 0.5) is 11.4 Å². The minimum Gasteiger partial charge on any atom is -0.493 e. The number of methoxy groups -OCH3 is 2. The summed E-state index contributed by atoms with van der Waals surface area (Å²) >= 11 is 0. The smallest absolute Gasteiger partial charge is 0.237 e. The third-order valence-electron chi connectivity index (χ3n) is 4.85. The molecule has 9 nitrogen and oxygen atoms in total. The van der Waals surface area contributed by atoms with E-state index in [1.807, 2.05) is 42.2 Å². The summed E-state index contributed by atoms with van der Waals surface area (Å²) in [5, 5.41) is 7.17. The zero-order chi connectivity index (χ0) is 21.3. The number of amides is 1. The number of primary amides is 1. The van der Waals surface area contributed by atoms with Gasteiger partial charge in [0.2, 0.25) is 5.91 Å². The van der Waals surface area contributed by atoms with Crippen LogP contribution in [-0.2, 0) is 4.79 Å². The minimum absolute atomic E-state index is 0.000733. The van der Waals surface area contributed by atoms with Crippen molar-refractivity contribution in [2.75, 3.05) is 25.7 Å². The molecule has 0 atom stereocenters. The molecule has 1 amide bonds. The highest BCUT2D eigenvalue weighted by Crippen LogP contribution is 2.36. The topological polar surface area (TPSA) is 122 Å². The molecule has 0 unspecified atom stereocenters. The molecule has 4 aromatic rings. The summed E-state index contributed by atoms with van der Waals surface area (Å²) in [6, 6.07) is 11.4. The second-order valence-corrected chi connectivity index (χ2v) is 6.78. The molecule has 2 aromatic heterocycles. The number of benzene rings is 2. The van der Waals surface area contributed by atoms with Crippen LogP contribution in [0.15, 0.2) is 42.6 Å². The molecule has 2 heterocycles. The molecule has 0 aliphatic rings. The van der Waals surface area contributed by atoms with E-state index >= 15 is 0 Å². The first-order chi connectivity index (χ1) is 14.5. The maximum atomic E-state index is 11.8. The van der Waals surface area contributed by atoms with Gasteiger partial charge in [-0.15, -0.1) is 0 Å². The Hall–Kier alpha value is -4.01. The summed E-state index contributed by atoms with van der Waals surface area (Å²) in [5.41, 5.74) is 10.2. The fraction of sp³-hybridized carbons (Fsp3) is 0.190. The average molecular weight is 406 g/mol. The highest BCUT2D eigenvalue weighted by molar-refractivity contribution is 5.89. The maximum Gasteiger partial charge on any atom is 0.237 e. The number of H-pyrrole nitrogens is 2. The molecule has 2 aromatic carbocycles. The SMILES string of the molecule is COc1cc2nc(-c3[nH]ncc3N(CC(N)=O)c3ccccc3C)[nH]c2cc1OC. The van der Waals surface area contributed by atoms with Gasteiger partial charge in [0.25, 0.3) is 0 Å². The van der Waals surface area contributed by atoms with Crippen LogP contribution in [0.5, 0.6) is 11.5 Å². The van der Waals surface area contributed by atoms with E-state index in [2.05, 4.69) is 20.2 Å². The predicted octanol–water partition coefficient (Wildman–Crippen LogP) is 2.90. The number of ether oxygens (including phenoxy) is 2. The van der Waals surface area contributed by atoms with Crippen molar-refractivity contribution in [3.05, 3.63) is 48.2 Å². The number of fused-ring (bicyclic) bond motifs is 1. The van der Waals surface area contributed by atoms with E-state index in [1.54, 1.807) is 26.5 Å². The van der Waals surface area contributed by atoms with Crippen LogP contribution in [0.1, 0.15) is 5.56 Å². The second-order valence-electron chi connectivity index (χ2n) is 6.78. The number of hydrogen-bond acceptors (Lipinski definition) is 6. The predicted molar refractivity (Wildman–Crippen MR) is 114 cm³/mol. The van der Waals surface area contributed by atoms with Gasteiger partial charge in [-0.2, -0.15) is 5.10 Å². The molecule has 0 fully saturated rings. The fourth-order valence-electron chi connectivity index (χ4n) is 3.44. The normalized spacial score (nSPS) is 10.9. The molecule has 0 aliphatic carbocycles. The number of nitrogens with zero attached hydrogens (tertiary/aromatic N) is 3. The van der Waals surface area contributed by atoms with Crippen molar-refractivity contribution >= 4 is 28.3 Å². The number of aryl methyl sites for hydroxylation is 1. The molecule has 30 heavy (non-hydrogen) atoms. The number of anilines is 2. The number of nitrogens with one attached hydrogen (secondary N) is 2. The molecule has 0 radical (unpaired) electrons. The van der Waals surface area contributed by atoms with Gasteiger partial charge in [-0.05, 0) is 18.6 Å². The number of carbonyl (C=O) groups is 1. The lowest BCUT2D eigenvalue weighted by Gasteiger charge is -2.24. The van der Waals surface area contributed by atoms with Crippen molar-refractivity contribution in [2.24, 2.45) is 5.73 Å². The Labute approximate surface area is 172 Å². The number of carbonyl (C=O) groups excluding carboxylic acids is 1. The van der Waals surface area contributed by atoms with Crippen molar-refractivity contribution < 1.29 is 14.3 Å².